The highest BCUT2D eigenvalue weighted by Crippen LogP contribution is 2.42. The first-order chi connectivity index (χ1) is 12.4. The van der Waals surface area contributed by atoms with Crippen molar-refractivity contribution >= 4 is 17.3 Å². The number of allylic oxidation sites excluding steroid dienone is 1. The summed E-state index contributed by atoms with van der Waals surface area (Å²) in [6, 6.07) is 15.3. The molecule has 0 bridgehead atoms. The maximum absolute atomic E-state index is 5.27. The van der Waals surface area contributed by atoms with Crippen LogP contribution < -0.4 is 9.80 Å². The Labute approximate surface area is 157 Å². The normalized spacial score (nSPS) is 19.5. The Balaban J connectivity index is 2.17. The van der Waals surface area contributed by atoms with Gasteiger partial charge in [-0.05, 0) is 45.4 Å². The predicted octanol–water partition coefficient (Wildman–Crippen LogP) is 5.43. The monoisotopic (exact) mass is 347 g/mol. The molecule has 1 aliphatic heterocycles. The van der Waals surface area contributed by atoms with E-state index in [0.29, 0.717) is 0 Å². The minimum Gasteiger partial charge on any atom is -0.315 e. The van der Waals surface area contributed by atoms with E-state index in [-0.39, 0.29) is 5.54 Å². The summed E-state index contributed by atoms with van der Waals surface area (Å²) in [5.74, 6) is 0.963. The van der Waals surface area contributed by atoms with Gasteiger partial charge in [0.1, 0.15) is 5.54 Å². The SMILES string of the molecule is C/C=C/C1(CC)N=C(N(C)c2ccc(C)cc2)N(C)c2ccc(C)cc21. The molecular formula is C23H29N3. The highest BCUT2D eigenvalue weighted by Gasteiger charge is 2.37. The van der Waals surface area contributed by atoms with Crippen LogP contribution in [0.5, 0.6) is 0 Å². The third-order valence-electron chi connectivity index (χ3n) is 5.28. The highest BCUT2D eigenvalue weighted by molar-refractivity contribution is 6.08. The lowest BCUT2D eigenvalue weighted by Gasteiger charge is -2.41. The fourth-order valence-electron chi connectivity index (χ4n) is 3.68. The maximum Gasteiger partial charge on any atom is 0.206 e. The zero-order chi connectivity index (χ0) is 18.9. The summed E-state index contributed by atoms with van der Waals surface area (Å²) >= 11 is 0. The second-order valence-electron chi connectivity index (χ2n) is 7.16. The molecule has 0 aliphatic carbocycles. The lowest BCUT2D eigenvalue weighted by atomic mass is 9.84. The molecule has 26 heavy (non-hydrogen) atoms. The van der Waals surface area contributed by atoms with Gasteiger partial charge < -0.3 is 9.80 Å². The van der Waals surface area contributed by atoms with Crippen molar-refractivity contribution in [1.29, 1.82) is 0 Å². The van der Waals surface area contributed by atoms with Crippen molar-refractivity contribution in [2.45, 2.75) is 39.7 Å². The first-order valence-corrected chi connectivity index (χ1v) is 9.31. The number of hydrogen-bond donors (Lipinski definition) is 0. The van der Waals surface area contributed by atoms with E-state index in [1.807, 2.05) is 0 Å². The fraction of sp³-hybridized carbons (Fsp3) is 0.348. The van der Waals surface area contributed by atoms with Gasteiger partial charge in [0.2, 0.25) is 5.96 Å². The van der Waals surface area contributed by atoms with E-state index in [1.54, 1.807) is 0 Å². The topological polar surface area (TPSA) is 18.8 Å². The van der Waals surface area contributed by atoms with Crippen LogP contribution in [0, 0.1) is 13.8 Å². The van der Waals surface area contributed by atoms with Crippen LogP contribution in [0.15, 0.2) is 59.6 Å². The molecule has 2 aromatic carbocycles. The van der Waals surface area contributed by atoms with Crippen molar-refractivity contribution in [1.82, 2.24) is 0 Å². The molecule has 3 heteroatoms. The first-order valence-electron chi connectivity index (χ1n) is 9.31. The van der Waals surface area contributed by atoms with Gasteiger partial charge in [-0.3, -0.25) is 0 Å². The van der Waals surface area contributed by atoms with E-state index in [0.717, 1.165) is 18.1 Å². The Bertz CT molecular complexity index is 848. The van der Waals surface area contributed by atoms with E-state index in [9.17, 15) is 0 Å². The molecule has 1 heterocycles. The third-order valence-corrected chi connectivity index (χ3v) is 5.28. The van der Waals surface area contributed by atoms with E-state index in [1.165, 1.54) is 22.4 Å². The van der Waals surface area contributed by atoms with Crippen molar-refractivity contribution < 1.29 is 0 Å². The predicted molar refractivity (Wildman–Crippen MR) is 113 cm³/mol. The maximum atomic E-state index is 5.27. The zero-order valence-electron chi connectivity index (χ0n) is 16.7. The molecule has 0 N–H and O–H groups in total. The fourth-order valence-corrected chi connectivity index (χ4v) is 3.68. The van der Waals surface area contributed by atoms with Crippen molar-refractivity contribution in [3.63, 3.8) is 0 Å². The molecule has 2 aromatic rings. The number of rotatable bonds is 3. The van der Waals surface area contributed by atoms with Gasteiger partial charge in [0.25, 0.3) is 0 Å². The molecule has 0 saturated heterocycles. The average Bonchev–Trinajstić information content (AvgIpc) is 2.64. The molecule has 3 rings (SSSR count). The Hall–Kier alpha value is -2.55. The molecule has 0 fully saturated rings. The van der Waals surface area contributed by atoms with Crippen LogP contribution in [0.1, 0.15) is 37.0 Å². The third kappa shape index (κ3) is 3.03. The van der Waals surface area contributed by atoms with Crippen molar-refractivity contribution in [3.05, 3.63) is 71.3 Å². The van der Waals surface area contributed by atoms with E-state index in [4.69, 9.17) is 4.99 Å². The number of fused-ring (bicyclic) bond motifs is 1. The van der Waals surface area contributed by atoms with Gasteiger partial charge in [-0.1, -0.05) is 54.5 Å². The molecule has 0 spiro atoms. The number of anilines is 2. The molecular weight excluding hydrogens is 318 g/mol. The molecule has 1 aliphatic rings. The lowest BCUT2D eigenvalue weighted by Crippen LogP contribution is -2.46. The average molecular weight is 348 g/mol. The van der Waals surface area contributed by atoms with Gasteiger partial charge in [0.15, 0.2) is 0 Å². The molecule has 0 aromatic heterocycles. The van der Waals surface area contributed by atoms with Crippen molar-refractivity contribution in [2.75, 3.05) is 23.9 Å². The Morgan fingerprint density at radius 1 is 1.08 bits per heavy atom. The number of aliphatic imine (C=N–C) groups is 1. The minimum atomic E-state index is -0.323. The number of guanidine groups is 1. The Morgan fingerprint density at radius 3 is 2.35 bits per heavy atom. The summed E-state index contributed by atoms with van der Waals surface area (Å²) in [4.78, 5) is 9.64. The number of hydrogen-bond acceptors (Lipinski definition) is 3. The highest BCUT2D eigenvalue weighted by atomic mass is 15.4. The quantitative estimate of drug-likeness (QED) is 0.690. The molecule has 1 atom stereocenters. The van der Waals surface area contributed by atoms with Crippen LogP contribution in [0.2, 0.25) is 0 Å². The lowest BCUT2D eigenvalue weighted by molar-refractivity contribution is 0.533. The molecule has 1 unspecified atom stereocenters. The largest absolute Gasteiger partial charge is 0.315 e. The standard InChI is InChI=1S/C23H29N3/c1-7-15-23(8-2)20-16-18(4)11-14-21(20)26(6)22(24-23)25(5)19-12-9-17(3)10-13-19/h7,9-16H,8H2,1-6H3/b15-7+. The van der Waals surface area contributed by atoms with E-state index >= 15 is 0 Å². The number of benzene rings is 2. The number of nitrogens with zero attached hydrogens (tertiary/aromatic N) is 3. The smallest absolute Gasteiger partial charge is 0.206 e. The van der Waals surface area contributed by atoms with Crippen LogP contribution in [0.3, 0.4) is 0 Å². The van der Waals surface area contributed by atoms with Gasteiger partial charge in [-0.15, -0.1) is 0 Å². The summed E-state index contributed by atoms with van der Waals surface area (Å²) < 4.78 is 0. The minimum absolute atomic E-state index is 0.323. The summed E-state index contributed by atoms with van der Waals surface area (Å²) in [5.41, 5.74) is 5.85. The van der Waals surface area contributed by atoms with Crippen LogP contribution in [0.4, 0.5) is 11.4 Å². The summed E-state index contributed by atoms with van der Waals surface area (Å²) in [6.07, 6.45) is 5.28. The van der Waals surface area contributed by atoms with Gasteiger partial charge >= 0.3 is 0 Å². The van der Waals surface area contributed by atoms with Crippen LogP contribution in [-0.4, -0.2) is 20.1 Å². The first kappa shape index (κ1) is 18.2. The van der Waals surface area contributed by atoms with Gasteiger partial charge in [0, 0.05) is 31.0 Å². The van der Waals surface area contributed by atoms with Crippen molar-refractivity contribution in [3.8, 4) is 0 Å². The van der Waals surface area contributed by atoms with E-state index in [2.05, 4.69) is 106 Å². The van der Waals surface area contributed by atoms with Crippen LogP contribution in [-0.2, 0) is 5.54 Å². The molecule has 0 amide bonds. The summed E-state index contributed by atoms with van der Waals surface area (Å²) in [6.45, 7) is 8.54. The number of aryl methyl sites for hydroxylation is 2. The summed E-state index contributed by atoms with van der Waals surface area (Å²) in [5, 5.41) is 0. The molecule has 0 saturated carbocycles. The van der Waals surface area contributed by atoms with Crippen molar-refractivity contribution in [2.24, 2.45) is 4.99 Å². The second-order valence-corrected chi connectivity index (χ2v) is 7.16. The summed E-state index contributed by atoms with van der Waals surface area (Å²) in [7, 11) is 4.20. The molecule has 136 valence electrons. The van der Waals surface area contributed by atoms with Gasteiger partial charge in [0.05, 0.1) is 0 Å². The van der Waals surface area contributed by atoms with Crippen LogP contribution >= 0.6 is 0 Å². The van der Waals surface area contributed by atoms with E-state index < -0.39 is 0 Å². The second kappa shape index (κ2) is 6.99. The molecule has 3 nitrogen and oxygen atoms in total. The Morgan fingerprint density at radius 2 is 1.73 bits per heavy atom. The zero-order valence-corrected chi connectivity index (χ0v) is 16.7. The van der Waals surface area contributed by atoms with Crippen LogP contribution in [0.25, 0.3) is 0 Å². The Kier molecular flexibility index (Phi) is 4.90. The van der Waals surface area contributed by atoms with Gasteiger partial charge in [-0.25, -0.2) is 4.99 Å². The molecule has 0 radical (unpaired) electrons. The van der Waals surface area contributed by atoms with Gasteiger partial charge in [-0.2, -0.15) is 0 Å².